The molecular formula is C16H17N3O2. The SMILES string of the molecule is CN1CCC(n2ccnc2-c2ccc3c(c2)CCO3)C1=O. The molecule has 5 heteroatoms. The molecule has 2 aliphatic rings. The Balaban J connectivity index is 1.74. The minimum absolute atomic E-state index is 0.128. The molecule has 2 aliphatic heterocycles. The minimum Gasteiger partial charge on any atom is -0.493 e. The first-order valence-corrected chi connectivity index (χ1v) is 7.28. The number of carbonyl (C=O) groups is 1. The number of hydrogen-bond donors (Lipinski definition) is 0. The molecular weight excluding hydrogens is 266 g/mol. The number of imidazole rings is 1. The molecule has 1 unspecified atom stereocenters. The maximum Gasteiger partial charge on any atom is 0.245 e. The number of ether oxygens (including phenoxy) is 1. The molecule has 0 bridgehead atoms. The van der Waals surface area contributed by atoms with Gasteiger partial charge in [-0.2, -0.15) is 0 Å². The lowest BCUT2D eigenvalue weighted by Crippen LogP contribution is -2.24. The van der Waals surface area contributed by atoms with E-state index < -0.39 is 0 Å². The van der Waals surface area contributed by atoms with Crippen molar-refractivity contribution in [1.82, 2.24) is 14.5 Å². The van der Waals surface area contributed by atoms with Crippen LogP contribution in [0.25, 0.3) is 11.4 Å². The van der Waals surface area contributed by atoms with Gasteiger partial charge in [0.05, 0.1) is 6.61 Å². The van der Waals surface area contributed by atoms with Gasteiger partial charge in [0.1, 0.15) is 17.6 Å². The van der Waals surface area contributed by atoms with Crippen LogP contribution in [0.4, 0.5) is 0 Å². The van der Waals surface area contributed by atoms with E-state index in [2.05, 4.69) is 11.1 Å². The highest BCUT2D eigenvalue weighted by Gasteiger charge is 2.32. The van der Waals surface area contributed by atoms with Crippen molar-refractivity contribution in [2.45, 2.75) is 18.9 Å². The van der Waals surface area contributed by atoms with Crippen molar-refractivity contribution >= 4 is 5.91 Å². The summed E-state index contributed by atoms with van der Waals surface area (Å²) in [7, 11) is 1.85. The number of likely N-dealkylation sites (tertiary alicyclic amines) is 1. The zero-order valence-corrected chi connectivity index (χ0v) is 12.0. The Labute approximate surface area is 123 Å². The molecule has 0 N–H and O–H groups in total. The lowest BCUT2D eigenvalue weighted by Gasteiger charge is -2.15. The Morgan fingerprint density at radius 2 is 2.29 bits per heavy atom. The van der Waals surface area contributed by atoms with E-state index in [4.69, 9.17) is 4.74 Å². The number of aromatic nitrogens is 2. The Bertz CT molecular complexity index is 707. The van der Waals surface area contributed by atoms with E-state index in [1.165, 1.54) is 5.56 Å². The van der Waals surface area contributed by atoms with Crippen LogP contribution in [0.5, 0.6) is 5.75 Å². The van der Waals surface area contributed by atoms with Gasteiger partial charge < -0.3 is 14.2 Å². The first kappa shape index (κ1) is 12.4. The van der Waals surface area contributed by atoms with Crippen LogP contribution >= 0.6 is 0 Å². The minimum atomic E-state index is -0.128. The third-order valence-electron chi connectivity index (χ3n) is 4.35. The molecule has 1 fully saturated rings. The van der Waals surface area contributed by atoms with Crippen molar-refractivity contribution in [2.24, 2.45) is 0 Å². The summed E-state index contributed by atoms with van der Waals surface area (Å²) in [6, 6.07) is 6.02. The smallest absolute Gasteiger partial charge is 0.245 e. The van der Waals surface area contributed by atoms with E-state index in [-0.39, 0.29) is 11.9 Å². The van der Waals surface area contributed by atoms with Gasteiger partial charge in [-0.3, -0.25) is 4.79 Å². The molecule has 108 valence electrons. The van der Waals surface area contributed by atoms with Crippen molar-refractivity contribution in [3.05, 3.63) is 36.2 Å². The number of amides is 1. The fourth-order valence-electron chi connectivity index (χ4n) is 3.18. The molecule has 1 aromatic heterocycles. The third kappa shape index (κ3) is 1.92. The highest BCUT2D eigenvalue weighted by molar-refractivity contribution is 5.83. The Hall–Kier alpha value is -2.30. The molecule has 4 rings (SSSR count). The van der Waals surface area contributed by atoms with E-state index in [0.717, 1.165) is 43.1 Å². The highest BCUT2D eigenvalue weighted by atomic mass is 16.5. The van der Waals surface area contributed by atoms with Crippen LogP contribution in [0.3, 0.4) is 0 Å². The first-order chi connectivity index (χ1) is 10.2. The predicted molar refractivity (Wildman–Crippen MR) is 78.2 cm³/mol. The number of benzene rings is 1. The zero-order chi connectivity index (χ0) is 14.4. The molecule has 1 atom stereocenters. The predicted octanol–water partition coefficient (Wildman–Crippen LogP) is 1.89. The van der Waals surface area contributed by atoms with Crippen LogP contribution in [0, 0.1) is 0 Å². The van der Waals surface area contributed by atoms with Crippen LogP contribution in [-0.2, 0) is 11.2 Å². The van der Waals surface area contributed by atoms with E-state index in [1.807, 2.05) is 29.9 Å². The second-order valence-corrected chi connectivity index (χ2v) is 5.64. The summed E-state index contributed by atoms with van der Waals surface area (Å²) in [5.74, 6) is 1.99. The van der Waals surface area contributed by atoms with Crippen LogP contribution in [0.15, 0.2) is 30.6 Å². The topological polar surface area (TPSA) is 47.4 Å². The van der Waals surface area contributed by atoms with E-state index in [0.29, 0.717) is 0 Å². The van der Waals surface area contributed by atoms with E-state index in [1.54, 1.807) is 11.1 Å². The summed E-state index contributed by atoms with van der Waals surface area (Å²) in [6.45, 7) is 1.55. The fourth-order valence-corrected chi connectivity index (χ4v) is 3.18. The second-order valence-electron chi connectivity index (χ2n) is 5.64. The number of rotatable bonds is 2. The quantitative estimate of drug-likeness (QED) is 0.845. The van der Waals surface area contributed by atoms with Gasteiger partial charge in [-0.1, -0.05) is 0 Å². The number of nitrogens with zero attached hydrogens (tertiary/aromatic N) is 3. The van der Waals surface area contributed by atoms with Gasteiger partial charge in [-0.15, -0.1) is 0 Å². The van der Waals surface area contributed by atoms with Gasteiger partial charge >= 0.3 is 0 Å². The van der Waals surface area contributed by atoms with Crippen molar-refractivity contribution in [1.29, 1.82) is 0 Å². The highest BCUT2D eigenvalue weighted by Crippen LogP contribution is 2.32. The summed E-state index contributed by atoms with van der Waals surface area (Å²) in [6.07, 6.45) is 5.45. The molecule has 21 heavy (non-hydrogen) atoms. The van der Waals surface area contributed by atoms with Gasteiger partial charge in [0.25, 0.3) is 0 Å². The molecule has 2 aromatic rings. The van der Waals surface area contributed by atoms with Crippen LogP contribution < -0.4 is 4.74 Å². The summed E-state index contributed by atoms with van der Waals surface area (Å²) in [4.78, 5) is 18.5. The van der Waals surface area contributed by atoms with Crippen molar-refractivity contribution < 1.29 is 9.53 Å². The molecule has 0 saturated carbocycles. The molecule has 5 nitrogen and oxygen atoms in total. The molecule has 0 aliphatic carbocycles. The largest absolute Gasteiger partial charge is 0.493 e. The second kappa shape index (κ2) is 4.62. The van der Waals surface area contributed by atoms with E-state index >= 15 is 0 Å². The maximum absolute atomic E-state index is 12.2. The molecule has 0 spiro atoms. The monoisotopic (exact) mass is 283 g/mol. The molecule has 0 radical (unpaired) electrons. The number of carbonyl (C=O) groups excluding carboxylic acids is 1. The van der Waals surface area contributed by atoms with E-state index in [9.17, 15) is 4.79 Å². The molecule has 1 saturated heterocycles. The van der Waals surface area contributed by atoms with Gasteiger partial charge in [-0.25, -0.2) is 4.98 Å². The van der Waals surface area contributed by atoms with Crippen molar-refractivity contribution in [3.63, 3.8) is 0 Å². The average molecular weight is 283 g/mol. The standard InChI is InChI=1S/C16H17N3O2/c1-18-7-4-13(16(18)20)19-8-6-17-15(19)12-2-3-14-11(10-12)5-9-21-14/h2-3,6,8,10,13H,4-5,7,9H2,1H3. The fraction of sp³-hybridized carbons (Fsp3) is 0.375. The summed E-state index contributed by atoms with van der Waals surface area (Å²) in [5, 5.41) is 0. The van der Waals surface area contributed by atoms with Crippen LogP contribution in [0.2, 0.25) is 0 Å². The number of likely N-dealkylation sites (N-methyl/N-ethyl adjacent to an activating group) is 1. The normalized spacial score (nSPS) is 20.7. The molecule has 3 heterocycles. The Kier molecular flexibility index (Phi) is 2.74. The van der Waals surface area contributed by atoms with Gasteiger partial charge in [0, 0.05) is 38.0 Å². The zero-order valence-electron chi connectivity index (χ0n) is 12.0. The number of fused-ring (bicyclic) bond motifs is 1. The van der Waals surface area contributed by atoms with Gasteiger partial charge in [-0.05, 0) is 30.2 Å². The average Bonchev–Trinajstić information content (AvgIpc) is 3.19. The van der Waals surface area contributed by atoms with Crippen LogP contribution in [-0.4, -0.2) is 40.6 Å². The summed E-state index contributed by atoms with van der Waals surface area (Å²) >= 11 is 0. The maximum atomic E-state index is 12.2. The first-order valence-electron chi connectivity index (χ1n) is 7.28. The van der Waals surface area contributed by atoms with Gasteiger partial charge in [0.2, 0.25) is 5.91 Å². The lowest BCUT2D eigenvalue weighted by molar-refractivity contribution is -0.129. The Morgan fingerprint density at radius 1 is 1.38 bits per heavy atom. The van der Waals surface area contributed by atoms with Gasteiger partial charge in [0.15, 0.2) is 0 Å². The Morgan fingerprint density at radius 3 is 3.10 bits per heavy atom. The van der Waals surface area contributed by atoms with Crippen molar-refractivity contribution in [2.75, 3.05) is 20.2 Å². The third-order valence-corrected chi connectivity index (χ3v) is 4.35. The molecule has 1 aromatic carbocycles. The lowest BCUT2D eigenvalue weighted by atomic mass is 10.1. The molecule has 1 amide bonds. The van der Waals surface area contributed by atoms with Crippen LogP contribution in [0.1, 0.15) is 18.0 Å². The summed E-state index contributed by atoms with van der Waals surface area (Å²) in [5.41, 5.74) is 2.27. The van der Waals surface area contributed by atoms with Crippen molar-refractivity contribution in [3.8, 4) is 17.1 Å². The summed E-state index contributed by atoms with van der Waals surface area (Å²) < 4.78 is 7.55. The number of hydrogen-bond acceptors (Lipinski definition) is 3.